The molecule has 1 aromatic heterocycles. The SMILES string of the molecule is C=CCN(c1ccc(Cl)cc1)S(=O)(=O)c1cccc(C(=O)Nc2nnc(C)s2)c1. The summed E-state index contributed by atoms with van der Waals surface area (Å²) in [4.78, 5) is 12.5. The third-order valence-electron chi connectivity index (χ3n) is 3.84. The fraction of sp³-hybridized carbons (Fsp3) is 0.105. The summed E-state index contributed by atoms with van der Waals surface area (Å²) in [6, 6.07) is 12.2. The van der Waals surface area contributed by atoms with Crippen LogP contribution in [0.5, 0.6) is 0 Å². The number of amides is 1. The van der Waals surface area contributed by atoms with Crippen molar-refractivity contribution >= 4 is 49.7 Å². The maximum absolute atomic E-state index is 13.2. The Morgan fingerprint density at radius 1 is 1.24 bits per heavy atom. The van der Waals surface area contributed by atoms with Gasteiger partial charge in [-0.2, -0.15) is 0 Å². The highest BCUT2D eigenvalue weighted by atomic mass is 35.5. The average molecular weight is 449 g/mol. The van der Waals surface area contributed by atoms with E-state index in [0.29, 0.717) is 20.8 Å². The van der Waals surface area contributed by atoms with Gasteiger partial charge in [-0.3, -0.25) is 14.4 Å². The van der Waals surface area contributed by atoms with Gasteiger partial charge in [-0.25, -0.2) is 8.42 Å². The van der Waals surface area contributed by atoms with Gasteiger partial charge < -0.3 is 0 Å². The van der Waals surface area contributed by atoms with Crippen LogP contribution in [0.4, 0.5) is 10.8 Å². The standard InChI is InChI=1S/C19H17ClN4O3S2/c1-3-11-24(16-9-7-15(20)8-10-16)29(26,27)17-6-4-5-14(12-17)18(25)21-19-23-22-13(2)28-19/h3-10,12H,1,11H2,2H3,(H,21,23,25). The molecule has 1 amide bonds. The summed E-state index contributed by atoms with van der Waals surface area (Å²) < 4.78 is 27.7. The van der Waals surface area contributed by atoms with Gasteiger partial charge in [0.25, 0.3) is 15.9 Å². The maximum Gasteiger partial charge on any atom is 0.264 e. The second kappa shape index (κ2) is 8.73. The van der Waals surface area contributed by atoms with E-state index in [1.54, 1.807) is 31.2 Å². The van der Waals surface area contributed by atoms with E-state index in [1.165, 1.54) is 46.0 Å². The highest BCUT2D eigenvalue weighted by molar-refractivity contribution is 7.92. The Morgan fingerprint density at radius 2 is 1.97 bits per heavy atom. The quantitative estimate of drug-likeness (QED) is 0.548. The van der Waals surface area contributed by atoms with E-state index < -0.39 is 15.9 Å². The van der Waals surface area contributed by atoms with Crippen LogP contribution in [0.15, 0.2) is 66.1 Å². The maximum atomic E-state index is 13.2. The van der Waals surface area contributed by atoms with Crippen LogP contribution in [0.25, 0.3) is 0 Å². The Bertz CT molecular complexity index is 1140. The predicted octanol–water partition coefficient (Wildman–Crippen LogP) is 4.13. The predicted molar refractivity (Wildman–Crippen MR) is 115 cm³/mol. The molecule has 10 heteroatoms. The van der Waals surface area contributed by atoms with Crippen molar-refractivity contribution in [3.63, 3.8) is 0 Å². The van der Waals surface area contributed by atoms with Crippen molar-refractivity contribution < 1.29 is 13.2 Å². The number of halogens is 1. The number of sulfonamides is 1. The summed E-state index contributed by atoms with van der Waals surface area (Å²) in [5, 5.41) is 11.8. The zero-order chi connectivity index (χ0) is 21.0. The molecule has 0 aliphatic heterocycles. The zero-order valence-corrected chi connectivity index (χ0v) is 17.8. The third-order valence-corrected chi connectivity index (χ3v) is 6.64. The van der Waals surface area contributed by atoms with Crippen molar-refractivity contribution in [1.29, 1.82) is 0 Å². The van der Waals surface area contributed by atoms with Crippen molar-refractivity contribution in [2.75, 3.05) is 16.2 Å². The normalized spacial score (nSPS) is 11.1. The molecule has 0 atom stereocenters. The van der Waals surface area contributed by atoms with Gasteiger partial charge in [-0.1, -0.05) is 35.1 Å². The van der Waals surface area contributed by atoms with Crippen molar-refractivity contribution in [3.05, 3.63) is 76.8 Å². The van der Waals surface area contributed by atoms with Crippen molar-refractivity contribution in [3.8, 4) is 0 Å². The number of aryl methyl sites for hydroxylation is 1. The molecule has 3 aromatic rings. The molecule has 0 aliphatic carbocycles. The number of rotatable bonds is 7. The van der Waals surface area contributed by atoms with Crippen LogP contribution in [0.2, 0.25) is 5.02 Å². The first-order chi connectivity index (χ1) is 13.8. The topological polar surface area (TPSA) is 92.3 Å². The number of carbonyl (C=O) groups excluding carboxylic acids is 1. The van der Waals surface area contributed by atoms with E-state index in [2.05, 4.69) is 22.1 Å². The highest BCUT2D eigenvalue weighted by Gasteiger charge is 2.25. The van der Waals surface area contributed by atoms with E-state index in [0.717, 1.165) is 0 Å². The van der Waals surface area contributed by atoms with Gasteiger partial charge in [0.15, 0.2) is 0 Å². The molecule has 29 heavy (non-hydrogen) atoms. The summed E-state index contributed by atoms with van der Waals surface area (Å²) in [6.07, 6.45) is 1.49. The van der Waals surface area contributed by atoms with Crippen LogP contribution >= 0.6 is 22.9 Å². The van der Waals surface area contributed by atoms with E-state index in [-0.39, 0.29) is 17.0 Å². The number of aromatic nitrogens is 2. The Balaban J connectivity index is 1.93. The molecule has 0 spiro atoms. The molecule has 0 radical (unpaired) electrons. The summed E-state index contributed by atoms with van der Waals surface area (Å²) in [7, 11) is -3.94. The van der Waals surface area contributed by atoms with Gasteiger partial charge in [-0.05, 0) is 49.4 Å². The van der Waals surface area contributed by atoms with Crippen LogP contribution in [0.1, 0.15) is 15.4 Å². The van der Waals surface area contributed by atoms with E-state index in [9.17, 15) is 13.2 Å². The van der Waals surface area contributed by atoms with E-state index >= 15 is 0 Å². The van der Waals surface area contributed by atoms with Crippen LogP contribution in [-0.2, 0) is 10.0 Å². The number of benzene rings is 2. The molecule has 0 unspecified atom stereocenters. The lowest BCUT2D eigenvalue weighted by atomic mass is 10.2. The Hall–Kier alpha value is -2.75. The second-order valence-corrected chi connectivity index (χ2v) is 9.39. The van der Waals surface area contributed by atoms with Crippen molar-refractivity contribution in [1.82, 2.24) is 10.2 Å². The fourth-order valence-electron chi connectivity index (χ4n) is 2.51. The number of hydrogen-bond acceptors (Lipinski definition) is 6. The van der Waals surface area contributed by atoms with Gasteiger partial charge >= 0.3 is 0 Å². The third kappa shape index (κ3) is 4.81. The number of hydrogen-bond donors (Lipinski definition) is 1. The van der Waals surface area contributed by atoms with Gasteiger partial charge in [0, 0.05) is 10.6 Å². The minimum Gasteiger partial charge on any atom is -0.296 e. The second-order valence-electron chi connectivity index (χ2n) is 5.91. The van der Waals surface area contributed by atoms with Gasteiger partial charge in [0.05, 0.1) is 17.1 Å². The van der Waals surface area contributed by atoms with E-state index in [4.69, 9.17) is 11.6 Å². The molecular formula is C19H17ClN4O3S2. The lowest BCUT2D eigenvalue weighted by Gasteiger charge is -2.23. The number of nitrogens with one attached hydrogen (secondary N) is 1. The van der Waals surface area contributed by atoms with Crippen molar-refractivity contribution in [2.24, 2.45) is 0 Å². The summed E-state index contributed by atoms with van der Waals surface area (Å²) in [5.41, 5.74) is 0.627. The lowest BCUT2D eigenvalue weighted by molar-refractivity contribution is 0.102. The van der Waals surface area contributed by atoms with Crippen LogP contribution in [0, 0.1) is 6.92 Å². The molecule has 1 heterocycles. The summed E-state index contributed by atoms with van der Waals surface area (Å²) in [5.74, 6) is -0.472. The molecule has 0 saturated heterocycles. The monoisotopic (exact) mass is 448 g/mol. The zero-order valence-electron chi connectivity index (χ0n) is 15.4. The van der Waals surface area contributed by atoms with Gasteiger partial charge in [-0.15, -0.1) is 16.8 Å². The Morgan fingerprint density at radius 3 is 2.59 bits per heavy atom. The first-order valence-corrected chi connectivity index (χ1v) is 11.1. The molecule has 150 valence electrons. The molecular weight excluding hydrogens is 432 g/mol. The Kier molecular flexibility index (Phi) is 6.31. The van der Waals surface area contributed by atoms with Crippen LogP contribution < -0.4 is 9.62 Å². The number of nitrogens with zero attached hydrogens (tertiary/aromatic N) is 3. The smallest absolute Gasteiger partial charge is 0.264 e. The first kappa shape index (κ1) is 21.0. The van der Waals surface area contributed by atoms with Gasteiger partial charge in [0.2, 0.25) is 5.13 Å². The molecule has 0 aliphatic rings. The molecule has 1 N–H and O–H groups in total. The Labute approximate surface area is 177 Å². The fourth-order valence-corrected chi connectivity index (χ4v) is 4.70. The van der Waals surface area contributed by atoms with Crippen LogP contribution in [-0.4, -0.2) is 31.1 Å². The molecule has 7 nitrogen and oxygen atoms in total. The van der Waals surface area contributed by atoms with Gasteiger partial charge in [0.1, 0.15) is 5.01 Å². The van der Waals surface area contributed by atoms with E-state index in [1.807, 2.05) is 0 Å². The molecule has 3 rings (SSSR count). The number of carbonyl (C=O) groups is 1. The number of anilines is 2. The minimum atomic E-state index is -3.94. The minimum absolute atomic E-state index is 0.0182. The molecule has 0 saturated carbocycles. The van der Waals surface area contributed by atoms with Crippen LogP contribution in [0.3, 0.4) is 0 Å². The molecule has 0 bridgehead atoms. The lowest BCUT2D eigenvalue weighted by Crippen LogP contribution is -2.31. The largest absolute Gasteiger partial charge is 0.296 e. The first-order valence-electron chi connectivity index (χ1n) is 8.42. The molecule has 0 fully saturated rings. The average Bonchev–Trinajstić information content (AvgIpc) is 3.11. The highest BCUT2D eigenvalue weighted by Crippen LogP contribution is 2.26. The molecule has 2 aromatic carbocycles. The van der Waals surface area contributed by atoms with Crippen molar-refractivity contribution in [2.45, 2.75) is 11.8 Å². The summed E-state index contributed by atoms with van der Waals surface area (Å²) >= 11 is 7.13. The summed E-state index contributed by atoms with van der Waals surface area (Å²) in [6.45, 7) is 5.47.